The number of hydrogen-bond donors (Lipinski definition) is 2. The number of nitrogens with one attached hydrogen (secondary N) is 1. The average molecular weight is 274 g/mol. The molecular weight excluding hydrogens is 260 g/mol. The van der Waals surface area contributed by atoms with Gasteiger partial charge in [-0.05, 0) is 12.1 Å². The molecule has 0 aliphatic heterocycles. The summed E-state index contributed by atoms with van der Waals surface area (Å²) in [7, 11) is 0. The first-order valence-electron chi connectivity index (χ1n) is 6.06. The highest BCUT2D eigenvalue weighted by atomic mass is 16.4. The Hall–Kier alpha value is -2.70. The van der Waals surface area contributed by atoms with Crippen LogP contribution in [0.3, 0.4) is 0 Å². The fraction of sp³-hybridized carbons (Fsp3) is 0.231. The van der Waals surface area contributed by atoms with Gasteiger partial charge in [0.15, 0.2) is 0 Å². The monoisotopic (exact) mass is 274 g/mol. The van der Waals surface area contributed by atoms with E-state index in [0.717, 1.165) is 0 Å². The van der Waals surface area contributed by atoms with Crippen molar-refractivity contribution in [2.75, 3.05) is 5.32 Å². The Balaban J connectivity index is 1.83. The molecule has 2 rings (SSSR count). The van der Waals surface area contributed by atoms with Crippen molar-refractivity contribution in [3.05, 3.63) is 42.7 Å². The lowest BCUT2D eigenvalue weighted by molar-refractivity contribution is -0.136. The lowest BCUT2D eigenvalue weighted by atomic mass is 10.2. The maximum absolute atomic E-state index is 11.7. The number of pyridine rings is 1. The number of imidazole rings is 1. The summed E-state index contributed by atoms with van der Waals surface area (Å²) >= 11 is 0. The van der Waals surface area contributed by atoms with Crippen LogP contribution >= 0.6 is 0 Å². The number of aromatic nitrogens is 3. The molecule has 104 valence electrons. The highest BCUT2D eigenvalue weighted by molar-refractivity contribution is 5.90. The Morgan fingerprint density at radius 1 is 1.35 bits per heavy atom. The zero-order valence-corrected chi connectivity index (χ0v) is 10.7. The van der Waals surface area contributed by atoms with Gasteiger partial charge in [0.1, 0.15) is 0 Å². The molecule has 0 aromatic carbocycles. The van der Waals surface area contributed by atoms with Crippen LogP contribution in [-0.4, -0.2) is 31.5 Å². The van der Waals surface area contributed by atoms with Gasteiger partial charge < -0.3 is 15.0 Å². The van der Waals surface area contributed by atoms with E-state index in [1.54, 1.807) is 30.9 Å². The van der Waals surface area contributed by atoms with Crippen LogP contribution in [0.1, 0.15) is 12.1 Å². The third-order valence-corrected chi connectivity index (χ3v) is 2.60. The fourth-order valence-corrected chi connectivity index (χ4v) is 1.63. The average Bonchev–Trinajstić information content (AvgIpc) is 2.91. The number of anilines is 1. The molecule has 0 aliphatic carbocycles. The molecule has 7 nitrogen and oxygen atoms in total. The molecule has 20 heavy (non-hydrogen) atoms. The number of carbonyl (C=O) groups is 2. The SMILES string of the molecule is O=C(O)Cc1ccc(NC(=O)CCn2ccnc2)cn1. The molecule has 0 unspecified atom stereocenters. The summed E-state index contributed by atoms with van der Waals surface area (Å²) in [5.41, 5.74) is 1.00. The number of carbonyl (C=O) groups excluding carboxylic acids is 1. The summed E-state index contributed by atoms with van der Waals surface area (Å²) in [5, 5.41) is 11.3. The van der Waals surface area contributed by atoms with E-state index in [-0.39, 0.29) is 12.3 Å². The smallest absolute Gasteiger partial charge is 0.309 e. The van der Waals surface area contributed by atoms with Crippen molar-refractivity contribution >= 4 is 17.6 Å². The summed E-state index contributed by atoms with van der Waals surface area (Å²) < 4.78 is 1.81. The highest BCUT2D eigenvalue weighted by Gasteiger charge is 2.05. The topological polar surface area (TPSA) is 97.1 Å². The largest absolute Gasteiger partial charge is 0.481 e. The van der Waals surface area contributed by atoms with Gasteiger partial charge in [-0.1, -0.05) is 0 Å². The number of carboxylic acid groups (broad SMARTS) is 1. The van der Waals surface area contributed by atoms with E-state index in [1.807, 2.05) is 4.57 Å². The minimum absolute atomic E-state index is 0.130. The Morgan fingerprint density at radius 2 is 2.20 bits per heavy atom. The van der Waals surface area contributed by atoms with Crippen LogP contribution in [0.2, 0.25) is 0 Å². The molecule has 2 aromatic heterocycles. The maximum atomic E-state index is 11.7. The van der Waals surface area contributed by atoms with Crippen LogP contribution < -0.4 is 5.32 Å². The van der Waals surface area contributed by atoms with E-state index in [4.69, 9.17) is 5.11 Å². The van der Waals surface area contributed by atoms with E-state index >= 15 is 0 Å². The van der Waals surface area contributed by atoms with Gasteiger partial charge in [0.25, 0.3) is 0 Å². The summed E-state index contributed by atoms with van der Waals surface area (Å²) in [6.07, 6.45) is 6.74. The predicted molar refractivity (Wildman–Crippen MR) is 71.1 cm³/mol. The van der Waals surface area contributed by atoms with Gasteiger partial charge in [0.05, 0.1) is 30.3 Å². The summed E-state index contributed by atoms with van der Waals surface area (Å²) in [4.78, 5) is 30.1. The molecule has 0 spiro atoms. The van der Waals surface area contributed by atoms with Crippen molar-refractivity contribution in [2.24, 2.45) is 0 Å². The maximum Gasteiger partial charge on any atom is 0.309 e. The molecule has 2 N–H and O–H groups in total. The van der Waals surface area contributed by atoms with E-state index in [2.05, 4.69) is 15.3 Å². The van der Waals surface area contributed by atoms with Crippen LogP contribution in [0.5, 0.6) is 0 Å². The molecule has 7 heteroatoms. The number of rotatable bonds is 6. The van der Waals surface area contributed by atoms with Crippen molar-refractivity contribution in [1.29, 1.82) is 0 Å². The Morgan fingerprint density at radius 3 is 2.80 bits per heavy atom. The molecule has 0 bridgehead atoms. The first-order valence-corrected chi connectivity index (χ1v) is 6.06. The Bertz CT molecular complexity index is 578. The third-order valence-electron chi connectivity index (χ3n) is 2.60. The van der Waals surface area contributed by atoms with E-state index in [9.17, 15) is 9.59 Å². The van der Waals surface area contributed by atoms with Crippen molar-refractivity contribution < 1.29 is 14.7 Å². The van der Waals surface area contributed by atoms with Crippen LogP contribution in [-0.2, 0) is 22.6 Å². The number of carboxylic acids is 1. The summed E-state index contributed by atoms with van der Waals surface area (Å²) in [5.74, 6) is -1.07. The third kappa shape index (κ3) is 4.20. The van der Waals surface area contributed by atoms with Crippen LogP contribution in [0.15, 0.2) is 37.1 Å². The fourth-order valence-electron chi connectivity index (χ4n) is 1.63. The minimum atomic E-state index is -0.936. The van der Waals surface area contributed by atoms with Crippen LogP contribution in [0.4, 0.5) is 5.69 Å². The molecule has 0 saturated carbocycles. The van der Waals surface area contributed by atoms with E-state index < -0.39 is 5.97 Å². The van der Waals surface area contributed by atoms with E-state index in [0.29, 0.717) is 24.3 Å². The molecule has 0 saturated heterocycles. The van der Waals surface area contributed by atoms with E-state index in [1.165, 1.54) is 6.20 Å². The molecule has 1 amide bonds. The number of aliphatic carboxylic acids is 1. The number of hydrogen-bond acceptors (Lipinski definition) is 4. The molecule has 0 atom stereocenters. The second kappa shape index (κ2) is 6.46. The lowest BCUT2D eigenvalue weighted by Gasteiger charge is -2.06. The van der Waals surface area contributed by atoms with Crippen molar-refractivity contribution in [3.8, 4) is 0 Å². The number of amides is 1. The van der Waals surface area contributed by atoms with Gasteiger partial charge in [-0.25, -0.2) is 4.98 Å². The van der Waals surface area contributed by atoms with Gasteiger partial charge in [-0.3, -0.25) is 14.6 Å². The molecule has 0 radical (unpaired) electrons. The number of aryl methyl sites for hydroxylation is 1. The highest BCUT2D eigenvalue weighted by Crippen LogP contribution is 2.07. The standard InChI is InChI=1S/C13H14N4O3/c18-12(3-5-17-6-4-14-9-17)16-11-2-1-10(15-8-11)7-13(19)20/h1-2,4,6,8-9H,3,5,7H2,(H,16,18)(H,19,20). The second-order valence-corrected chi connectivity index (χ2v) is 4.21. The Labute approximate surface area is 115 Å². The number of nitrogens with zero attached hydrogens (tertiary/aromatic N) is 3. The van der Waals surface area contributed by atoms with Gasteiger partial charge in [0, 0.05) is 25.4 Å². The zero-order chi connectivity index (χ0) is 14.4. The van der Waals surface area contributed by atoms with Crippen molar-refractivity contribution in [1.82, 2.24) is 14.5 Å². The molecule has 2 aromatic rings. The summed E-state index contributed by atoms with van der Waals surface area (Å²) in [6.45, 7) is 0.552. The zero-order valence-electron chi connectivity index (χ0n) is 10.7. The first kappa shape index (κ1) is 13.7. The van der Waals surface area contributed by atoms with Gasteiger partial charge in [-0.2, -0.15) is 0 Å². The molecule has 2 heterocycles. The second-order valence-electron chi connectivity index (χ2n) is 4.21. The quantitative estimate of drug-likeness (QED) is 0.816. The molecule has 0 aliphatic rings. The molecular formula is C13H14N4O3. The van der Waals surface area contributed by atoms with Crippen molar-refractivity contribution in [2.45, 2.75) is 19.4 Å². The van der Waals surface area contributed by atoms with Gasteiger partial charge in [0.2, 0.25) is 5.91 Å². The van der Waals surface area contributed by atoms with Gasteiger partial charge >= 0.3 is 5.97 Å². The lowest BCUT2D eigenvalue weighted by Crippen LogP contribution is -2.14. The predicted octanol–water partition coefficient (Wildman–Crippen LogP) is 0.934. The Kier molecular flexibility index (Phi) is 4.43. The van der Waals surface area contributed by atoms with Crippen molar-refractivity contribution in [3.63, 3.8) is 0 Å². The van der Waals surface area contributed by atoms with Crippen LogP contribution in [0.25, 0.3) is 0 Å². The normalized spacial score (nSPS) is 10.2. The summed E-state index contributed by atoms with van der Waals surface area (Å²) in [6, 6.07) is 3.22. The first-order chi connectivity index (χ1) is 9.63. The minimum Gasteiger partial charge on any atom is -0.481 e. The van der Waals surface area contributed by atoms with Crippen LogP contribution in [0, 0.1) is 0 Å². The molecule has 0 fully saturated rings. The van der Waals surface area contributed by atoms with Gasteiger partial charge in [-0.15, -0.1) is 0 Å².